The van der Waals surface area contributed by atoms with Crippen molar-refractivity contribution in [3.63, 3.8) is 0 Å². The van der Waals surface area contributed by atoms with E-state index in [1.54, 1.807) is 7.11 Å². The van der Waals surface area contributed by atoms with Crippen LogP contribution in [-0.2, 0) is 9.53 Å². The Hall–Kier alpha value is -0.790. The van der Waals surface area contributed by atoms with Crippen LogP contribution in [0, 0.1) is 0 Å². The summed E-state index contributed by atoms with van der Waals surface area (Å²) in [6.07, 6.45) is 2.60. The monoisotopic (exact) mass is 140 g/mol. The molecule has 0 saturated heterocycles. The molecule has 0 N–H and O–H groups in total. The van der Waals surface area contributed by atoms with Crippen LogP contribution >= 0.6 is 0 Å². The molecule has 0 unspecified atom stereocenters. The average Bonchev–Trinajstić information content (AvgIpc) is 2.34. The van der Waals surface area contributed by atoms with Crippen LogP contribution in [0.1, 0.15) is 26.2 Å². The Kier molecular flexibility index (Phi) is 2.10. The molecule has 0 aliphatic heterocycles. The Labute approximate surface area is 60.9 Å². The van der Waals surface area contributed by atoms with Crippen molar-refractivity contribution < 1.29 is 9.53 Å². The highest BCUT2D eigenvalue weighted by Crippen LogP contribution is 2.23. The summed E-state index contributed by atoms with van der Waals surface area (Å²) in [4.78, 5) is 11.0. The van der Waals surface area contributed by atoms with E-state index in [0.717, 1.165) is 24.2 Å². The van der Waals surface area contributed by atoms with Gasteiger partial charge in [0.25, 0.3) is 0 Å². The summed E-state index contributed by atoms with van der Waals surface area (Å²) in [6.45, 7) is 1.85. The van der Waals surface area contributed by atoms with Crippen LogP contribution in [0.4, 0.5) is 0 Å². The molecule has 1 saturated carbocycles. The van der Waals surface area contributed by atoms with Crippen molar-refractivity contribution in [2.24, 2.45) is 0 Å². The van der Waals surface area contributed by atoms with Crippen molar-refractivity contribution in [2.75, 3.05) is 7.11 Å². The maximum atomic E-state index is 11.0. The zero-order chi connectivity index (χ0) is 7.56. The predicted octanol–water partition coefficient (Wildman–Crippen LogP) is 1.66. The molecule has 1 fully saturated rings. The number of allylic oxidation sites excluding steroid dienone is 2. The number of hydrogen-bond donors (Lipinski definition) is 0. The fourth-order valence-electron chi connectivity index (χ4n) is 1.21. The van der Waals surface area contributed by atoms with E-state index in [2.05, 4.69) is 0 Å². The molecule has 1 aliphatic rings. The van der Waals surface area contributed by atoms with Crippen LogP contribution < -0.4 is 0 Å². The van der Waals surface area contributed by atoms with Gasteiger partial charge < -0.3 is 4.74 Å². The van der Waals surface area contributed by atoms with Gasteiger partial charge in [-0.2, -0.15) is 0 Å². The van der Waals surface area contributed by atoms with Gasteiger partial charge in [0.2, 0.25) is 0 Å². The minimum atomic E-state index is 0.263. The minimum absolute atomic E-state index is 0.263. The van der Waals surface area contributed by atoms with Gasteiger partial charge in [0, 0.05) is 12.0 Å². The second kappa shape index (κ2) is 2.86. The Morgan fingerprint density at radius 2 is 2.20 bits per heavy atom. The third-order valence-corrected chi connectivity index (χ3v) is 1.90. The number of ether oxygens (including phenoxy) is 1. The molecule has 0 aromatic heterocycles. The maximum Gasteiger partial charge on any atom is 0.162 e. The first kappa shape index (κ1) is 7.32. The van der Waals surface area contributed by atoms with Crippen molar-refractivity contribution in [1.82, 2.24) is 0 Å². The molecule has 2 heteroatoms. The quantitative estimate of drug-likeness (QED) is 0.409. The molecule has 0 aromatic carbocycles. The lowest BCUT2D eigenvalue weighted by molar-refractivity contribution is -0.114. The topological polar surface area (TPSA) is 26.3 Å². The summed E-state index contributed by atoms with van der Waals surface area (Å²) in [6, 6.07) is 0. The second-order valence-electron chi connectivity index (χ2n) is 2.52. The zero-order valence-corrected chi connectivity index (χ0v) is 6.44. The van der Waals surface area contributed by atoms with Crippen molar-refractivity contribution in [2.45, 2.75) is 26.2 Å². The van der Waals surface area contributed by atoms with Gasteiger partial charge in [0.05, 0.1) is 12.9 Å². The molecule has 2 nitrogen and oxygen atoms in total. The van der Waals surface area contributed by atoms with E-state index in [9.17, 15) is 4.79 Å². The predicted molar refractivity (Wildman–Crippen MR) is 38.6 cm³/mol. The summed E-state index contributed by atoms with van der Waals surface area (Å²) in [5, 5.41) is 0. The van der Waals surface area contributed by atoms with E-state index in [1.165, 1.54) is 0 Å². The molecule has 0 atom stereocenters. The minimum Gasteiger partial charge on any atom is -0.501 e. The van der Waals surface area contributed by atoms with Gasteiger partial charge in [-0.05, 0) is 19.8 Å². The van der Waals surface area contributed by atoms with Crippen LogP contribution in [0.25, 0.3) is 0 Å². The first-order chi connectivity index (χ1) is 4.75. The Bertz CT molecular complexity index is 180. The van der Waals surface area contributed by atoms with Crippen molar-refractivity contribution in [3.05, 3.63) is 11.3 Å². The van der Waals surface area contributed by atoms with Crippen LogP contribution in [0.3, 0.4) is 0 Å². The molecular weight excluding hydrogens is 128 g/mol. The molecule has 1 rings (SSSR count). The third kappa shape index (κ3) is 1.20. The molecule has 0 heterocycles. The maximum absolute atomic E-state index is 11.0. The number of carbonyl (C=O) groups is 1. The van der Waals surface area contributed by atoms with Crippen molar-refractivity contribution in [3.8, 4) is 0 Å². The molecule has 0 spiro atoms. The standard InChI is InChI=1S/C8H12O2/c1-6(10-2)7-4-3-5-8(7)9/h3-5H2,1-2H3. The van der Waals surface area contributed by atoms with Gasteiger partial charge in [-0.1, -0.05) is 0 Å². The lowest BCUT2D eigenvalue weighted by Gasteiger charge is -2.01. The SMILES string of the molecule is COC(C)=C1CCCC1=O. The average molecular weight is 140 g/mol. The van der Waals surface area contributed by atoms with E-state index >= 15 is 0 Å². The highest BCUT2D eigenvalue weighted by molar-refractivity contribution is 5.97. The number of methoxy groups -OCH3 is 1. The summed E-state index contributed by atoms with van der Waals surface area (Å²) in [5.41, 5.74) is 0.891. The third-order valence-electron chi connectivity index (χ3n) is 1.90. The highest BCUT2D eigenvalue weighted by atomic mass is 16.5. The smallest absolute Gasteiger partial charge is 0.162 e. The van der Waals surface area contributed by atoms with Crippen LogP contribution in [0.2, 0.25) is 0 Å². The van der Waals surface area contributed by atoms with Gasteiger partial charge in [-0.25, -0.2) is 0 Å². The zero-order valence-electron chi connectivity index (χ0n) is 6.44. The summed E-state index contributed by atoms with van der Waals surface area (Å²) in [7, 11) is 1.61. The van der Waals surface area contributed by atoms with Gasteiger partial charge in [0.15, 0.2) is 5.78 Å². The van der Waals surface area contributed by atoms with E-state index in [0.29, 0.717) is 6.42 Å². The summed E-state index contributed by atoms with van der Waals surface area (Å²) < 4.78 is 4.96. The normalized spacial score (nSPS) is 23.2. The second-order valence-corrected chi connectivity index (χ2v) is 2.52. The molecule has 0 aromatic rings. The van der Waals surface area contributed by atoms with Gasteiger partial charge >= 0.3 is 0 Å². The number of Topliss-reactive ketones (excluding diaryl/α,β-unsaturated/α-hetero) is 1. The lowest BCUT2D eigenvalue weighted by atomic mass is 10.2. The largest absolute Gasteiger partial charge is 0.501 e. The first-order valence-electron chi connectivity index (χ1n) is 3.52. The van der Waals surface area contributed by atoms with Gasteiger partial charge in [-0.3, -0.25) is 4.79 Å². The molecule has 0 amide bonds. The number of rotatable bonds is 1. The molecular formula is C8H12O2. The molecule has 0 radical (unpaired) electrons. The van der Waals surface area contributed by atoms with E-state index in [-0.39, 0.29) is 5.78 Å². The van der Waals surface area contributed by atoms with Crippen molar-refractivity contribution in [1.29, 1.82) is 0 Å². The van der Waals surface area contributed by atoms with E-state index in [4.69, 9.17) is 4.74 Å². The molecule has 10 heavy (non-hydrogen) atoms. The number of hydrogen-bond acceptors (Lipinski definition) is 2. The van der Waals surface area contributed by atoms with Gasteiger partial charge in [-0.15, -0.1) is 0 Å². The summed E-state index contributed by atoms with van der Waals surface area (Å²) in [5.74, 6) is 1.06. The Morgan fingerprint density at radius 3 is 2.60 bits per heavy atom. The Morgan fingerprint density at radius 1 is 1.50 bits per heavy atom. The van der Waals surface area contributed by atoms with Crippen LogP contribution in [-0.4, -0.2) is 12.9 Å². The van der Waals surface area contributed by atoms with Gasteiger partial charge in [0.1, 0.15) is 0 Å². The number of ketones is 1. The molecule has 0 bridgehead atoms. The first-order valence-corrected chi connectivity index (χ1v) is 3.52. The van der Waals surface area contributed by atoms with E-state index in [1.807, 2.05) is 6.92 Å². The van der Waals surface area contributed by atoms with E-state index < -0.39 is 0 Å². The molecule has 56 valence electrons. The Balaban J connectivity index is 2.79. The highest BCUT2D eigenvalue weighted by Gasteiger charge is 2.19. The summed E-state index contributed by atoms with van der Waals surface area (Å²) >= 11 is 0. The van der Waals surface area contributed by atoms with Crippen LogP contribution in [0.15, 0.2) is 11.3 Å². The van der Waals surface area contributed by atoms with Crippen molar-refractivity contribution >= 4 is 5.78 Å². The fraction of sp³-hybridized carbons (Fsp3) is 0.625. The van der Waals surface area contributed by atoms with Crippen LogP contribution in [0.5, 0.6) is 0 Å². The lowest BCUT2D eigenvalue weighted by Crippen LogP contribution is -1.96. The molecule has 1 aliphatic carbocycles. The number of carbonyl (C=O) groups excluding carboxylic acids is 1. The fourth-order valence-corrected chi connectivity index (χ4v) is 1.21.